The highest BCUT2D eigenvalue weighted by Crippen LogP contribution is 2.54. The highest BCUT2D eigenvalue weighted by molar-refractivity contribution is 5.95. The van der Waals surface area contributed by atoms with Gasteiger partial charge in [0.2, 0.25) is 0 Å². The summed E-state index contributed by atoms with van der Waals surface area (Å²) in [6.07, 6.45) is 6.02. The second-order valence-electron chi connectivity index (χ2n) is 7.80. The van der Waals surface area contributed by atoms with Crippen LogP contribution in [-0.4, -0.2) is 18.0 Å². The minimum Gasteiger partial charge on any atom is -0.458 e. The van der Waals surface area contributed by atoms with Gasteiger partial charge in [-0.25, -0.2) is 9.59 Å². The Morgan fingerprint density at radius 1 is 1.30 bits per heavy atom. The van der Waals surface area contributed by atoms with Crippen LogP contribution in [0.5, 0.6) is 0 Å². The van der Waals surface area contributed by atoms with E-state index in [9.17, 15) is 9.59 Å². The molecule has 2 aliphatic carbocycles. The third kappa shape index (κ3) is 2.84. The van der Waals surface area contributed by atoms with E-state index in [2.05, 4.69) is 19.9 Å². The Labute approximate surface area is 159 Å². The summed E-state index contributed by atoms with van der Waals surface area (Å²) in [4.78, 5) is 24.6. The Kier molecular flexibility index (Phi) is 4.29. The molecule has 0 spiro atoms. The fourth-order valence-electron chi connectivity index (χ4n) is 4.44. The smallest absolute Gasteiger partial charge is 0.339 e. The molecule has 1 heterocycles. The van der Waals surface area contributed by atoms with E-state index < -0.39 is 0 Å². The molecule has 3 aliphatic rings. The zero-order valence-corrected chi connectivity index (χ0v) is 16.0. The van der Waals surface area contributed by atoms with E-state index >= 15 is 0 Å². The molecule has 4 nitrogen and oxygen atoms in total. The molecule has 0 N–H and O–H groups in total. The predicted octanol–water partition coefficient (Wildman–Crippen LogP) is 4.74. The Morgan fingerprint density at radius 2 is 2.04 bits per heavy atom. The van der Waals surface area contributed by atoms with Gasteiger partial charge in [0.15, 0.2) is 0 Å². The van der Waals surface area contributed by atoms with Crippen LogP contribution in [0.1, 0.15) is 50.4 Å². The maximum absolute atomic E-state index is 12.5. The quantitative estimate of drug-likeness (QED) is 0.727. The van der Waals surface area contributed by atoms with Crippen LogP contribution in [0.25, 0.3) is 0 Å². The fraction of sp³-hybridized carbons (Fsp3) is 0.391. The lowest BCUT2D eigenvalue weighted by Gasteiger charge is -2.46. The molecule has 4 rings (SSSR count). The number of esters is 2. The lowest BCUT2D eigenvalue weighted by atomic mass is 9.60. The summed E-state index contributed by atoms with van der Waals surface area (Å²) in [6, 6.07) is 9.10. The standard InChI is InChI=1S/C23H24O4/c1-4-17-18-13-23(3)14(2)19(26-21(24)15-8-6-5-7-9-15)11-10-16(23)12-20(18)27-22(17)25/h5-10,12,14,19H,4,11,13H2,1-3H3/t14-,19-,23+/m0/s1. The van der Waals surface area contributed by atoms with Gasteiger partial charge in [0, 0.05) is 28.9 Å². The summed E-state index contributed by atoms with van der Waals surface area (Å²) in [6.45, 7) is 6.32. The van der Waals surface area contributed by atoms with Gasteiger partial charge >= 0.3 is 11.9 Å². The van der Waals surface area contributed by atoms with Crippen LogP contribution >= 0.6 is 0 Å². The molecular weight excluding hydrogens is 340 g/mol. The Balaban J connectivity index is 1.62. The van der Waals surface area contributed by atoms with E-state index in [4.69, 9.17) is 9.47 Å². The number of fused-ring (bicyclic) bond motifs is 2. The third-order valence-electron chi connectivity index (χ3n) is 6.36. The van der Waals surface area contributed by atoms with E-state index in [1.807, 2.05) is 31.2 Å². The predicted molar refractivity (Wildman–Crippen MR) is 102 cm³/mol. The number of allylic oxidation sites excluding steroid dienone is 3. The summed E-state index contributed by atoms with van der Waals surface area (Å²) in [5.41, 5.74) is 3.35. The molecule has 4 heteroatoms. The van der Waals surface area contributed by atoms with Crippen LogP contribution in [0.15, 0.2) is 65.0 Å². The number of hydrogen-bond acceptors (Lipinski definition) is 4. The van der Waals surface area contributed by atoms with Gasteiger partial charge in [-0.05, 0) is 36.6 Å². The number of rotatable bonds is 3. The van der Waals surface area contributed by atoms with E-state index in [-0.39, 0.29) is 29.4 Å². The molecule has 0 aromatic heterocycles. The highest BCUT2D eigenvalue weighted by atomic mass is 16.5. The van der Waals surface area contributed by atoms with Crippen molar-refractivity contribution in [3.05, 3.63) is 70.5 Å². The van der Waals surface area contributed by atoms with Gasteiger partial charge in [-0.1, -0.05) is 45.0 Å². The number of carbonyl (C=O) groups is 2. The van der Waals surface area contributed by atoms with Crippen LogP contribution in [-0.2, 0) is 14.3 Å². The van der Waals surface area contributed by atoms with Crippen LogP contribution in [0.4, 0.5) is 0 Å². The maximum atomic E-state index is 12.5. The molecule has 140 valence electrons. The van der Waals surface area contributed by atoms with Gasteiger partial charge in [0.25, 0.3) is 0 Å². The van der Waals surface area contributed by atoms with Crippen molar-refractivity contribution in [1.29, 1.82) is 0 Å². The van der Waals surface area contributed by atoms with Gasteiger partial charge in [0.1, 0.15) is 11.9 Å². The minimum absolute atomic E-state index is 0.129. The number of benzene rings is 1. The van der Waals surface area contributed by atoms with Crippen molar-refractivity contribution < 1.29 is 19.1 Å². The number of ether oxygens (including phenoxy) is 2. The van der Waals surface area contributed by atoms with Crippen molar-refractivity contribution >= 4 is 11.9 Å². The molecule has 0 radical (unpaired) electrons. The lowest BCUT2D eigenvalue weighted by molar-refractivity contribution is -0.133. The molecule has 0 unspecified atom stereocenters. The van der Waals surface area contributed by atoms with Crippen molar-refractivity contribution in [2.24, 2.45) is 11.3 Å². The van der Waals surface area contributed by atoms with Gasteiger partial charge in [0.05, 0.1) is 5.56 Å². The molecule has 1 aromatic rings. The zero-order chi connectivity index (χ0) is 19.2. The maximum Gasteiger partial charge on any atom is 0.339 e. The topological polar surface area (TPSA) is 52.6 Å². The molecule has 0 amide bonds. The van der Waals surface area contributed by atoms with E-state index in [0.717, 1.165) is 17.6 Å². The van der Waals surface area contributed by atoms with Crippen LogP contribution in [0.3, 0.4) is 0 Å². The molecule has 1 aliphatic heterocycles. The molecule has 3 atom stereocenters. The molecular formula is C23H24O4. The van der Waals surface area contributed by atoms with Crippen LogP contribution in [0, 0.1) is 11.3 Å². The van der Waals surface area contributed by atoms with E-state index in [1.54, 1.807) is 12.1 Å². The van der Waals surface area contributed by atoms with Crippen molar-refractivity contribution in [2.75, 3.05) is 0 Å². The van der Waals surface area contributed by atoms with Crippen molar-refractivity contribution in [2.45, 2.75) is 46.1 Å². The first-order valence-electron chi connectivity index (χ1n) is 9.57. The van der Waals surface area contributed by atoms with E-state index in [0.29, 0.717) is 24.2 Å². The van der Waals surface area contributed by atoms with Gasteiger partial charge in [-0.2, -0.15) is 0 Å². The third-order valence-corrected chi connectivity index (χ3v) is 6.36. The van der Waals surface area contributed by atoms with Gasteiger partial charge in [-0.3, -0.25) is 0 Å². The molecule has 27 heavy (non-hydrogen) atoms. The Morgan fingerprint density at radius 3 is 2.74 bits per heavy atom. The fourth-order valence-corrected chi connectivity index (χ4v) is 4.44. The zero-order valence-electron chi connectivity index (χ0n) is 16.0. The summed E-state index contributed by atoms with van der Waals surface area (Å²) in [5.74, 6) is 0.325. The normalized spacial score (nSPS) is 29.4. The largest absolute Gasteiger partial charge is 0.458 e. The summed E-state index contributed by atoms with van der Waals surface area (Å²) in [7, 11) is 0. The van der Waals surface area contributed by atoms with Crippen molar-refractivity contribution in [3.63, 3.8) is 0 Å². The average molecular weight is 364 g/mol. The molecule has 1 aromatic carbocycles. The molecule has 0 saturated carbocycles. The highest BCUT2D eigenvalue weighted by Gasteiger charge is 2.48. The summed E-state index contributed by atoms with van der Waals surface area (Å²) < 4.78 is 11.3. The Bertz CT molecular complexity index is 890. The average Bonchev–Trinajstić information content (AvgIpc) is 2.97. The first kappa shape index (κ1) is 17.8. The second-order valence-corrected chi connectivity index (χ2v) is 7.80. The monoisotopic (exact) mass is 364 g/mol. The number of carbonyl (C=O) groups excluding carboxylic acids is 2. The van der Waals surface area contributed by atoms with Gasteiger partial charge < -0.3 is 9.47 Å². The minimum atomic E-state index is -0.284. The molecule has 0 bridgehead atoms. The van der Waals surface area contributed by atoms with Crippen molar-refractivity contribution in [3.8, 4) is 0 Å². The van der Waals surface area contributed by atoms with Crippen LogP contribution < -0.4 is 0 Å². The first-order chi connectivity index (χ1) is 12.9. The summed E-state index contributed by atoms with van der Waals surface area (Å²) in [5, 5.41) is 0. The van der Waals surface area contributed by atoms with Crippen LogP contribution in [0.2, 0.25) is 0 Å². The SMILES string of the molecule is CCC1=C2C[C@@]3(C)C(=CC[C@H](OC(=O)c4ccccc4)[C@@H]3C)C=C2OC1=O. The van der Waals surface area contributed by atoms with E-state index in [1.165, 1.54) is 5.57 Å². The summed E-state index contributed by atoms with van der Waals surface area (Å²) >= 11 is 0. The lowest BCUT2D eigenvalue weighted by Crippen LogP contribution is -2.42. The van der Waals surface area contributed by atoms with Gasteiger partial charge in [-0.15, -0.1) is 0 Å². The second kappa shape index (κ2) is 6.52. The number of hydrogen-bond donors (Lipinski definition) is 0. The first-order valence-corrected chi connectivity index (χ1v) is 9.57. The Hall–Kier alpha value is -2.62. The van der Waals surface area contributed by atoms with Crippen molar-refractivity contribution in [1.82, 2.24) is 0 Å². The molecule has 0 saturated heterocycles. The molecule has 0 fully saturated rings.